The molecule has 2 N–H and O–H groups in total. The molecule has 0 saturated carbocycles. The van der Waals surface area contributed by atoms with Gasteiger partial charge in [0.05, 0.1) is 19.3 Å². The maximum atomic E-state index is 11.4. The van der Waals surface area contributed by atoms with Crippen molar-refractivity contribution in [3.63, 3.8) is 0 Å². The number of aliphatic hydroxyl groups is 1. The molecule has 0 aliphatic heterocycles. The van der Waals surface area contributed by atoms with Gasteiger partial charge < -0.3 is 20.1 Å². The van der Waals surface area contributed by atoms with Crippen molar-refractivity contribution in [2.45, 2.75) is 13.0 Å². The van der Waals surface area contributed by atoms with Crippen LogP contribution in [0.3, 0.4) is 0 Å². The van der Waals surface area contributed by atoms with E-state index in [1.54, 1.807) is 7.05 Å². The van der Waals surface area contributed by atoms with Crippen LogP contribution in [0.2, 0.25) is 0 Å². The Kier molecular flexibility index (Phi) is 7.37. The van der Waals surface area contributed by atoms with Crippen molar-refractivity contribution < 1.29 is 14.6 Å². The molecule has 84 valence electrons. The fraction of sp³-hybridized carbons (Fsp3) is 0.889. The number of hydrogen-bond acceptors (Lipinski definition) is 4. The number of amides is 1. The molecule has 0 heterocycles. The number of methoxy groups -OCH3 is 1. The molecule has 0 saturated heterocycles. The van der Waals surface area contributed by atoms with Crippen molar-refractivity contribution in [2.24, 2.45) is 0 Å². The molecule has 0 spiro atoms. The van der Waals surface area contributed by atoms with Gasteiger partial charge in [-0.05, 0) is 6.54 Å². The van der Waals surface area contributed by atoms with Gasteiger partial charge in [-0.1, -0.05) is 6.92 Å². The van der Waals surface area contributed by atoms with Crippen LogP contribution in [-0.4, -0.2) is 62.4 Å². The molecule has 0 aromatic carbocycles. The zero-order valence-corrected chi connectivity index (χ0v) is 9.12. The lowest BCUT2D eigenvalue weighted by molar-refractivity contribution is -0.130. The van der Waals surface area contributed by atoms with Crippen LogP contribution >= 0.6 is 0 Å². The van der Waals surface area contributed by atoms with Gasteiger partial charge in [0.2, 0.25) is 5.91 Å². The molecule has 0 rings (SSSR count). The highest BCUT2D eigenvalue weighted by Crippen LogP contribution is 1.90. The second kappa shape index (κ2) is 7.73. The van der Waals surface area contributed by atoms with Gasteiger partial charge in [0, 0.05) is 20.7 Å². The van der Waals surface area contributed by atoms with Gasteiger partial charge in [0.25, 0.3) is 0 Å². The van der Waals surface area contributed by atoms with Crippen molar-refractivity contribution >= 4 is 5.91 Å². The third-order valence-electron chi connectivity index (χ3n) is 1.80. The number of nitrogens with one attached hydrogen (secondary N) is 1. The second-order valence-electron chi connectivity index (χ2n) is 3.16. The molecule has 1 unspecified atom stereocenters. The first-order valence-corrected chi connectivity index (χ1v) is 4.73. The smallest absolute Gasteiger partial charge is 0.236 e. The Balaban J connectivity index is 3.70. The van der Waals surface area contributed by atoms with E-state index in [1.807, 2.05) is 6.92 Å². The predicted molar refractivity (Wildman–Crippen MR) is 54.1 cm³/mol. The van der Waals surface area contributed by atoms with E-state index >= 15 is 0 Å². The van der Waals surface area contributed by atoms with Crippen LogP contribution in [0.15, 0.2) is 0 Å². The average molecular weight is 204 g/mol. The predicted octanol–water partition coefficient (Wildman–Crippen LogP) is -0.938. The molecule has 1 amide bonds. The second-order valence-corrected chi connectivity index (χ2v) is 3.16. The summed E-state index contributed by atoms with van der Waals surface area (Å²) in [5.74, 6) is -0.0259. The average Bonchev–Trinajstić information content (AvgIpc) is 2.14. The Hall–Kier alpha value is -0.650. The summed E-state index contributed by atoms with van der Waals surface area (Å²) in [5.41, 5.74) is 0. The number of hydrogen-bond donors (Lipinski definition) is 2. The lowest BCUT2D eigenvalue weighted by Gasteiger charge is -2.20. The van der Waals surface area contributed by atoms with Crippen LogP contribution in [0, 0.1) is 0 Å². The summed E-state index contributed by atoms with van der Waals surface area (Å²) in [7, 11) is 3.18. The molecule has 0 aliphatic carbocycles. The van der Waals surface area contributed by atoms with Crippen LogP contribution in [0.25, 0.3) is 0 Å². The zero-order chi connectivity index (χ0) is 11.0. The highest BCUT2D eigenvalue weighted by molar-refractivity contribution is 5.77. The number of carbonyl (C=O) groups is 1. The Morgan fingerprint density at radius 3 is 2.79 bits per heavy atom. The van der Waals surface area contributed by atoms with E-state index in [0.29, 0.717) is 13.1 Å². The van der Waals surface area contributed by atoms with Crippen LogP contribution in [0.4, 0.5) is 0 Å². The van der Waals surface area contributed by atoms with E-state index in [-0.39, 0.29) is 12.5 Å². The van der Waals surface area contributed by atoms with E-state index in [4.69, 9.17) is 4.74 Å². The molecule has 0 radical (unpaired) electrons. The summed E-state index contributed by atoms with van der Waals surface area (Å²) in [6.07, 6.45) is -0.615. The zero-order valence-electron chi connectivity index (χ0n) is 9.12. The molecule has 5 nitrogen and oxygen atoms in total. The molecule has 14 heavy (non-hydrogen) atoms. The summed E-state index contributed by atoms with van der Waals surface area (Å²) in [5, 5.41) is 12.3. The summed E-state index contributed by atoms with van der Waals surface area (Å²) in [4.78, 5) is 12.8. The first kappa shape index (κ1) is 13.4. The van der Waals surface area contributed by atoms with Crippen LogP contribution in [0.5, 0.6) is 0 Å². The first-order valence-electron chi connectivity index (χ1n) is 4.73. The number of carbonyl (C=O) groups excluding carboxylic acids is 1. The minimum atomic E-state index is -0.615. The van der Waals surface area contributed by atoms with E-state index in [9.17, 15) is 9.90 Å². The third kappa shape index (κ3) is 5.90. The minimum absolute atomic E-state index is 0.0259. The van der Waals surface area contributed by atoms with Gasteiger partial charge >= 0.3 is 0 Å². The maximum absolute atomic E-state index is 11.4. The Morgan fingerprint density at radius 1 is 1.64 bits per heavy atom. The number of aliphatic hydroxyl groups excluding tert-OH is 1. The van der Waals surface area contributed by atoms with Gasteiger partial charge in [0.15, 0.2) is 0 Å². The molecule has 1 atom stereocenters. The standard InChI is InChI=1S/C9H20N2O3/c1-4-10-5-9(13)11(2)6-8(12)7-14-3/h8,10,12H,4-7H2,1-3H3. The van der Waals surface area contributed by atoms with Crippen LogP contribution in [-0.2, 0) is 9.53 Å². The molecular formula is C9H20N2O3. The molecule has 0 bridgehead atoms. The third-order valence-corrected chi connectivity index (χ3v) is 1.80. The lowest BCUT2D eigenvalue weighted by Crippen LogP contribution is -2.40. The van der Waals surface area contributed by atoms with Gasteiger partial charge in [-0.25, -0.2) is 0 Å². The summed E-state index contributed by atoms with van der Waals surface area (Å²) in [6.45, 7) is 3.57. The quantitative estimate of drug-likeness (QED) is 0.562. The number of likely N-dealkylation sites (N-methyl/N-ethyl adjacent to an activating group) is 2. The van der Waals surface area contributed by atoms with Crippen molar-refractivity contribution in [1.82, 2.24) is 10.2 Å². The lowest BCUT2D eigenvalue weighted by atomic mass is 10.3. The molecular weight excluding hydrogens is 184 g/mol. The Labute approximate surface area is 85.0 Å². The summed E-state index contributed by atoms with van der Waals surface area (Å²) < 4.78 is 4.76. The minimum Gasteiger partial charge on any atom is -0.389 e. The fourth-order valence-electron chi connectivity index (χ4n) is 1.03. The largest absolute Gasteiger partial charge is 0.389 e. The van der Waals surface area contributed by atoms with Gasteiger partial charge in [-0.3, -0.25) is 4.79 Å². The number of rotatable bonds is 7. The van der Waals surface area contributed by atoms with Crippen molar-refractivity contribution in [3.05, 3.63) is 0 Å². The summed E-state index contributed by atoms with van der Waals surface area (Å²) in [6, 6.07) is 0. The van der Waals surface area contributed by atoms with E-state index < -0.39 is 6.10 Å². The number of ether oxygens (including phenoxy) is 1. The van der Waals surface area contributed by atoms with Gasteiger partial charge in [0.1, 0.15) is 0 Å². The van der Waals surface area contributed by atoms with Gasteiger partial charge in [-0.15, -0.1) is 0 Å². The Morgan fingerprint density at radius 2 is 2.29 bits per heavy atom. The van der Waals surface area contributed by atoms with Gasteiger partial charge in [-0.2, -0.15) is 0 Å². The normalized spacial score (nSPS) is 12.6. The molecule has 0 aliphatic rings. The fourth-order valence-corrected chi connectivity index (χ4v) is 1.03. The molecule has 5 heteroatoms. The van der Waals surface area contributed by atoms with E-state index in [2.05, 4.69) is 5.32 Å². The van der Waals surface area contributed by atoms with E-state index in [1.165, 1.54) is 12.0 Å². The number of nitrogens with zero attached hydrogens (tertiary/aromatic N) is 1. The van der Waals surface area contributed by atoms with Crippen LogP contribution in [0.1, 0.15) is 6.92 Å². The van der Waals surface area contributed by atoms with Crippen molar-refractivity contribution in [1.29, 1.82) is 0 Å². The topological polar surface area (TPSA) is 61.8 Å². The Bertz CT molecular complexity index is 164. The SMILES string of the molecule is CCNCC(=O)N(C)CC(O)COC. The maximum Gasteiger partial charge on any atom is 0.236 e. The highest BCUT2D eigenvalue weighted by atomic mass is 16.5. The highest BCUT2D eigenvalue weighted by Gasteiger charge is 2.12. The van der Waals surface area contributed by atoms with Crippen LogP contribution < -0.4 is 5.32 Å². The molecule has 0 fully saturated rings. The molecule has 0 aromatic heterocycles. The first-order chi connectivity index (χ1) is 6.61. The van der Waals surface area contributed by atoms with Crippen molar-refractivity contribution in [3.8, 4) is 0 Å². The van der Waals surface area contributed by atoms with Crippen molar-refractivity contribution in [2.75, 3.05) is 40.4 Å². The van der Waals surface area contributed by atoms with E-state index in [0.717, 1.165) is 6.54 Å². The molecule has 0 aromatic rings. The summed E-state index contributed by atoms with van der Waals surface area (Å²) >= 11 is 0. The monoisotopic (exact) mass is 204 g/mol.